The minimum Gasteiger partial charge on any atom is -0.497 e. The van der Waals surface area contributed by atoms with E-state index in [1.165, 1.54) is 0 Å². The van der Waals surface area contributed by atoms with Crippen LogP contribution in [0.15, 0.2) is 79.4 Å². The van der Waals surface area contributed by atoms with Crippen LogP contribution in [0.1, 0.15) is 40.4 Å². The first kappa shape index (κ1) is 22.6. The Morgan fingerprint density at radius 1 is 1.09 bits per heavy atom. The minimum absolute atomic E-state index is 0.0363. The first-order valence-corrected chi connectivity index (χ1v) is 11.7. The fourth-order valence-electron chi connectivity index (χ4n) is 4.40. The summed E-state index contributed by atoms with van der Waals surface area (Å²) in [5, 5.41) is 4.28. The minimum atomic E-state index is 0.0363. The normalized spacial score (nSPS) is 15.6. The number of nitrogens with zero attached hydrogens (tertiary/aromatic N) is 5. The van der Waals surface area contributed by atoms with Crippen molar-refractivity contribution < 1.29 is 14.3 Å². The molecule has 1 saturated heterocycles. The van der Waals surface area contributed by atoms with Crippen LogP contribution >= 0.6 is 0 Å². The Balaban J connectivity index is 1.31. The zero-order valence-corrected chi connectivity index (χ0v) is 19.6. The average molecular weight is 470 g/mol. The van der Waals surface area contributed by atoms with Gasteiger partial charge in [-0.2, -0.15) is 5.10 Å². The molecule has 8 nitrogen and oxygen atoms in total. The molecule has 0 spiro atoms. The van der Waals surface area contributed by atoms with Crippen molar-refractivity contribution in [3.63, 3.8) is 0 Å². The first-order chi connectivity index (χ1) is 17.2. The van der Waals surface area contributed by atoms with Crippen molar-refractivity contribution in [2.45, 2.75) is 25.3 Å². The third-order valence-corrected chi connectivity index (χ3v) is 6.16. The third-order valence-electron chi connectivity index (χ3n) is 6.16. The average Bonchev–Trinajstić information content (AvgIpc) is 3.42. The summed E-state index contributed by atoms with van der Waals surface area (Å²) in [6.07, 6.45) is 8.85. The molecule has 1 fully saturated rings. The molecule has 35 heavy (non-hydrogen) atoms. The quantitative estimate of drug-likeness (QED) is 0.395. The van der Waals surface area contributed by atoms with E-state index in [-0.39, 0.29) is 11.8 Å². The Kier molecular flexibility index (Phi) is 6.70. The molecule has 5 rings (SSSR count). The zero-order valence-electron chi connectivity index (χ0n) is 19.6. The number of ether oxygens (including phenoxy) is 2. The Hall–Kier alpha value is -4.20. The van der Waals surface area contributed by atoms with Crippen LogP contribution < -0.4 is 9.47 Å². The van der Waals surface area contributed by atoms with E-state index in [1.54, 1.807) is 31.8 Å². The molecule has 2 aromatic heterocycles. The van der Waals surface area contributed by atoms with Crippen molar-refractivity contribution in [2.24, 2.45) is 0 Å². The largest absolute Gasteiger partial charge is 0.497 e. The molecule has 1 amide bonds. The molecule has 1 aliphatic rings. The highest BCUT2D eigenvalue weighted by atomic mass is 16.5. The Bertz CT molecular complexity index is 1290. The lowest BCUT2D eigenvalue weighted by atomic mass is 9.94. The Morgan fingerprint density at radius 3 is 2.83 bits per heavy atom. The summed E-state index contributed by atoms with van der Waals surface area (Å²) in [5.74, 6) is 1.89. The second-order valence-electron chi connectivity index (χ2n) is 8.51. The van der Waals surface area contributed by atoms with Crippen LogP contribution in [-0.2, 0) is 6.54 Å². The van der Waals surface area contributed by atoms with E-state index < -0.39 is 0 Å². The van der Waals surface area contributed by atoms with Gasteiger partial charge in [0.05, 0.1) is 25.5 Å². The summed E-state index contributed by atoms with van der Waals surface area (Å²) in [6.45, 7) is 1.87. The molecule has 0 N–H and O–H groups in total. The summed E-state index contributed by atoms with van der Waals surface area (Å²) in [4.78, 5) is 24.5. The molecule has 4 aromatic rings. The number of methoxy groups -OCH3 is 1. The summed E-state index contributed by atoms with van der Waals surface area (Å²) in [6, 6.07) is 17.0. The molecule has 0 aliphatic carbocycles. The number of benzene rings is 2. The molecule has 0 bridgehead atoms. The SMILES string of the molecule is COc1cccc(Oc2cncc(C3CCCN(C(=O)c4ccccc4Cn4cccn4)C3)n2)c1. The lowest BCUT2D eigenvalue weighted by Crippen LogP contribution is -2.39. The van der Waals surface area contributed by atoms with Crippen molar-refractivity contribution >= 4 is 5.91 Å². The third kappa shape index (κ3) is 5.32. The van der Waals surface area contributed by atoms with Crippen molar-refractivity contribution in [3.8, 4) is 17.4 Å². The van der Waals surface area contributed by atoms with Crippen LogP contribution in [-0.4, -0.2) is 50.8 Å². The van der Waals surface area contributed by atoms with Crippen LogP contribution in [0, 0.1) is 0 Å². The first-order valence-electron chi connectivity index (χ1n) is 11.7. The summed E-state index contributed by atoms with van der Waals surface area (Å²) in [7, 11) is 1.62. The Morgan fingerprint density at radius 2 is 1.97 bits per heavy atom. The highest BCUT2D eigenvalue weighted by molar-refractivity contribution is 5.95. The number of piperidine rings is 1. The number of likely N-dealkylation sites (tertiary alicyclic amines) is 1. The van der Waals surface area contributed by atoms with Crippen molar-refractivity contribution in [3.05, 3.63) is 96.2 Å². The van der Waals surface area contributed by atoms with Crippen LogP contribution in [0.4, 0.5) is 0 Å². The van der Waals surface area contributed by atoms with E-state index in [2.05, 4.69) is 10.1 Å². The molecule has 0 saturated carbocycles. The van der Waals surface area contributed by atoms with Gasteiger partial charge in [-0.15, -0.1) is 0 Å². The number of hydrogen-bond donors (Lipinski definition) is 0. The van der Waals surface area contributed by atoms with Gasteiger partial charge in [-0.25, -0.2) is 4.98 Å². The van der Waals surface area contributed by atoms with Crippen LogP contribution in [0.2, 0.25) is 0 Å². The smallest absolute Gasteiger partial charge is 0.254 e. The predicted octanol–water partition coefficient (Wildman–Crippen LogP) is 4.54. The maximum absolute atomic E-state index is 13.5. The van der Waals surface area contributed by atoms with Gasteiger partial charge < -0.3 is 14.4 Å². The van der Waals surface area contributed by atoms with Gasteiger partial charge in [0.25, 0.3) is 5.91 Å². The van der Waals surface area contributed by atoms with Gasteiger partial charge in [0, 0.05) is 49.2 Å². The van der Waals surface area contributed by atoms with Gasteiger partial charge in [0.2, 0.25) is 5.88 Å². The highest BCUT2D eigenvalue weighted by Crippen LogP contribution is 2.29. The van der Waals surface area contributed by atoms with E-state index in [0.717, 1.165) is 30.6 Å². The van der Waals surface area contributed by atoms with E-state index in [1.807, 2.05) is 64.3 Å². The summed E-state index contributed by atoms with van der Waals surface area (Å²) in [5.41, 5.74) is 2.49. The number of carbonyl (C=O) groups excluding carboxylic acids is 1. The fraction of sp³-hybridized carbons (Fsp3) is 0.259. The second kappa shape index (κ2) is 10.4. The maximum atomic E-state index is 13.5. The van der Waals surface area contributed by atoms with Crippen molar-refractivity contribution in [1.82, 2.24) is 24.6 Å². The second-order valence-corrected chi connectivity index (χ2v) is 8.51. The molecule has 0 radical (unpaired) electrons. The molecular formula is C27H27N5O3. The summed E-state index contributed by atoms with van der Waals surface area (Å²) >= 11 is 0. The standard InChI is InChI=1S/C27H27N5O3/c1-34-22-9-4-10-23(15-22)35-26-17-28-16-25(30-26)21-8-5-13-31(18-21)27(33)24-11-3-2-7-20(24)19-32-14-6-12-29-32/h2-4,6-7,9-12,14-17,21H,5,8,13,18-19H2,1H3. The maximum Gasteiger partial charge on any atom is 0.254 e. The van der Waals surface area contributed by atoms with Gasteiger partial charge >= 0.3 is 0 Å². The lowest BCUT2D eigenvalue weighted by Gasteiger charge is -2.33. The molecule has 1 unspecified atom stereocenters. The van der Waals surface area contributed by atoms with Crippen molar-refractivity contribution in [2.75, 3.05) is 20.2 Å². The summed E-state index contributed by atoms with van der Waals surface area (Å²) < 4.78 is 13.0. The number of hydrogen-bond acceptors (Lipinski definition) is 6. The van der Waals surface area contributed by atoms with Crippen molar-refractivity contribution in [1.29, 1.82) is 0 Å². The van der Waals surface area contributed by atoms with Gasteiger partial charge in [-0.3, -0.25) is 14.5 Å². The predicted molar refractivity (Wildman–Crippen MR) is 131 cm³/mol. The van der Waals surface area contributed by atoms with Crippen LogP contribution in [0.25, 0.3) is 0 Å². The van der Waals surface area contributed by atoms with Gasteiger partial charge in [0.15, 0.2) is 0 Å². The number of rotatable bonds is 7. The molecule has 3 heterocycles. The molecule has 2 aromatic carbocycles. The van der Waals surface area contributed by atoms with E-state index in [9.17, 15) is 4.79 Å². The fourth-order valence-corrected chi connectivity index (χ4v) is 4.40. The molecular weight excluding hydrogens is 442 g/mol. The van der Waals surface area contributed by atoms with Crippen LogP contribution in [0.3, 0.4) is 0 Å². The van der Waals surface area contributed by atoms with Gasteiger partial charge in [-0.1, -0.05) is 24.3 Å². The monoisotopic (exact) mass is 469 g/mol. The molecule has 1 atom stereocenters. The topological polar surface area (TPSA) is 82.4 Å². The van der Waals surface area contributed by atoms with Gasteiger partial charge in [0.1, 0.15) is 11.5 Å². The Labute approximate surface area is 204 Å². The van der Waals surface area contributed by atoms with Gasteiger partial charge in [-0.05, 0) is 42.7 Å². The lowest BCUT2D eigenvalue weighted by molar-refractivity contribution is 0.0704. The number of amides is 1. The number of carbonyl (C=O) groups is 1. The molecule has 178 valence electrons. The van der Waals surface area contributed by atoms with E-state index in [0.29, 0.717) is 36.0 Å². The van der Waals surface area contributed by atoms with E-state index in [4.69, 9.17) is 14.5 Å². The van der Waals surface area contributed by atoms with Crippen LogP contribution in [0.5, 0.6) is 17.4 Å². The number of aromatic nitrogens is 4. The molecule has 1 aliphatic heterocycles. The van der Waals surface area contributed by atoms with E-state index >= 15 is 0 Å². The highest BCUT2D eigenvalue weighted by Gasteiger charge is 2.28. The zero-order chi connectivity index (χ0) is 24.0. The molecule has 8 heteroatoms.